The van der Waals surface area contributed by atoms with Crippen molar-refractivity contribution in [2.75, 3.05) is 33.3 Å². The van der Waals surface area contributed by atoms with Crippen LogP contribution < -0.4 is 0 Å². The molecule has 1 saturated heterocycles. The molecule has 5 nitrogen and oxygen atoms in total. The standard InChI is InChI=1S/C7H11ClN2O3/c1-13-7(12)10-4-2-9(3-5-10)6(8)11/h2-5H2,1H3. The lowest BCUT2D eigenvalue weighted by Crippen LogP contribution is -2.49. The van der Waals surface area contributed by atoms with Gasteiger partial charge in [0.25, 0.3) is 0 Å². The first kappa shape index (κ1) is 10.1. The van der Waals surface area contributed by atoms with Crippen LogP contribution in [0.5, 0.6) is 0 Å². The molecule has 1 heterocycles. The molecule has 1 aliphatic heterocycles. The number of ether oxygens (including phenoxy) is 1. The second-order valence-electron chi connectivity index (χ2n) is 2.70. The highest BCUT2D eigenvalue weighted by atomic mass is 35.5. The molecule has 0 N–H and O–H groups in total. The minimum absolute atomic E-state index is 0.360. The number of carbonyl (C=O) groups is 2. The molecule has 1 aliphatic rings. The molecule has 2 amide bonds. The molecule has 0 spiro atoms. The van der Waals surface area contributed by atoms with E-state index < -0.39 is 5.37 Å². The largest absolute Gasteiger partial charge is 0.453 e. The zero-order chi connectivity index (χ0) is 9.84. The topological polar surface area (TPSA) is 49.9 Å². The molecule has 0 bridgehead atoms. The fraction of sp³-hybridized carbons (Fsp3) is 0.714. The molecule has 0 radical (unpaired) electrons. The van der Waals surface area contributed by atoms with Gasteiger partial charge < -0.3 is 14.5 Å². The Balaban J connectivity index is 2.39. The summed E-state index contributed by atoms with van der Waals surface area (Å²) in [5.74, 6) is 0. The lowest BCUT2D eigenvalue weighted by Gasteiger charge is -2.32. The van der Waals surface area contributed by atoms with Crippen molar-refractivity contribution in [3.8, 4) is 0 Å². The molecule has 0 aliphatic carbocycles. The number of halogens is 1. The molecular formula is C7H11ClN2O3. The minimum atomic E-state index is -0.468. The second kappa shape index (κ2) is 4.32. The van der Waals surface area contributed by atoms with E-state index in [1.54, 1.807) is 0 Å². The van der Waals surface area contributed by atoms with Crippen molar-refractivity contribution >= 4 is 23.1 Å². The van der Waals surface area contributed by atoms with Crippen LogP contribution in [-0.2, 0) is 4.74 Å². The van der Waals surface area contributed by atoms with Crippen molar-refractivity contribution < 1.29 is 14.3 Å². The Labute approximate surface area is 81.2 Å². The Kier molecular flexibility index (Phi) is 3.36. The first-order valence-corrected chi connectivity index (χ1v) is 4.30. The number of rotatable bonds is 0. The Bertz CT molecular complexity index is 214. The zero-order valence-corrected chi connectivity index (χ0v) is 8.08. The fourth-order valence-corrected chi connectivity index (χ4v) is 1.36. The molecule has 1 rings (SSSR count). The Morgan fingerprint density at radius 1 is 1.15 bits per heavy atom. The molecular weight excluding hydrogens is 196 g/mol. The van der Waals surface area contributed by atoms with E-state index in [4.69, 9.17) is 11.6 Å². The highest BCUT2D eigenvalue weighted by Gasteiger charge is 2.23. The van der Waals surface area contributed by atoms with E-state index >= 15 is 0 Å². The molecule has 0 atom stereocenters. The number of piperazine rings is 1. The molecule has 0 aromatic rings. The molecule has 1 fully saturated rings. The SMILES string of the molecule is COC(=O)N1CCN(C(=O)Cl)CC1. The van der Waals surface area contributed by atoms with Gasteiger partial charge in [-0.3, -0.25) is 4.79 Å². The van der Waals surface area contributed by atoms with Gasteiger partial charge in [0.15, 0.2) is 0 Å². The Hall–Kier alpha value is -0.970. The van der Waals surface area contributed by atoms with Crippen molar-refractivity contribution in [1.82, 2.24) is 9.80 Å². The normalized spacial score (nSPS) is 17.1. The summed E-state index contributed by atoms with van der Waals surface area (Å²) in [4.78, 5) is 24.7. The smallest absolute Gasteiger partial charge is 0.409 e. The first-order valence-electron chi connectivity index (χ1n) is 3.92. The van der Waals surface area contributed by atoms with E-state index in [0.717, 1.165) is 0 Å². The maximum absolute atomic E-state index is 11.0. The van der Waals surface area contributed by atoms with Crippen molar-refractivity contribution in [1.29, 1.82) is 0 Å². The minimum Gasteiger partial charge on any atom is -0.453 e. The second-order valence-corrected chi connectivity index (χ2v) is 3.02. The summed E-state index contributed by atoms with van der Waals surface area (Å²) in [5.41, 5.74) is 0. The van der Waals surface area contributed by atoms with Crippen LogP contribution in [0, 0.1) is 0 Å². The van der Waals surface area contributed by atoms with Gasteiger partial charge in [0, 0.05) is 26.2 Å². The lowest BCUT2D eigenvalue weighted by atomic mass is 10.3. The highest BCUT2D eigenvalue weighted by molar-refractivity contribution is 6.62. The van der Waals surface area contributed by atoms with Crippen LogP contribution in [0.4, 0.5) is 9.59 Å². The predicted octanol–water partition coefficient (Wildman–Crippen LogP) is 0.729. The lowest BCUT2D eigenvalue weighted by molar-refractivity contribution is 0.101. The van der Waals surface area contributed by atoms with Gasteiger partial charge in [0.1, 0.15) is 0 Å². The maximum Gasteiger partial charge on any atom is 0.409 e. The van der Waals surface area contributed by atoms with Crippen LogP contribution in [0.15, 0.2) is 0 Å². The maximum atomic E-state index is 11.0. The third-order valence-corrected chi connectivity index (χ3v) is 2.20. The molecule has 6 heteroatoms. The van der Waals surface area contributed by atoms with E-state index in [1.807, 2.05) is 0 Å². The van der Waals surface area contributed by atoms with Crippen LogP contribution >= 0.6 is 11.6 Å². The molecule has 0 unspecified atom stereocenters. The number of hydrogen-bond donors (Lipinski definition) is 0. The summed E-state index contributed by atoms with van der Waals surface area (Å²) in [5, 5.41) is -0.468. The van der Waals surface area contributed by atoms with Crippen molar-refractivity contribution in [2.24, 2.45) is 0 Å². The van der Waals surface area contributed by atoms with E-state index in [9.17, 15) is 9.59 Å². The van der Waals surface area contributed by atoms with Crippen LogP contribution in [0.1, 0.15) is 0 Å². The molecule has 74 valence electrons. The Morgan fingerprint density at radius 3 is 2.00 bits per heavy atom. The third-order valence-electron chi connectivity index (χ3n) is 1.96. The summed E-state index contributed by atoms with van der Waals surface area (Å²) >= 11 is 5.27. The van der Waals surface area contributed by atoms with Gasteiger partial charge in [0.2, 0.25) is 0 Å². The van der Waals surface area contributed by atoms with Crippen molar-refractivity contribution in [2.45, 2.75) is 0 Å². The summed E-state index contributed by atoms with van der Waals surface area (Å²) in [6.45, 7) is 1.89. The zero-order valence-electron chi connectivity index (χ0n) is 7.33. The molecule has 0 aromatic heterocycles. The van der Waals surface area contributed by atoms with Gasteiger partial charge in [-0.25, -0.2) is 4.79 Å². The van der Waals surface area contributed by atoms with Crippen molar-refractivity contribution in [3.05, 3.63) is 0 Å². The highest BCUT2D eigenvalue weighted by Crippen LogP contribution is 2.05. The van der Waals surface area contributed by atoms with Crippen LogP contribution in [0.3, 0.4) is 0 Å². The van der Waals surface area contributed by atoms with Gasteiger partial charge in [-0.2, -0.15) is 0 Å². The van der Waals surface area contributed by atoms with Gasteiger partial charge in [-0.15, -0.1) is 0 Å². The van der Waals surface area contributed by atoms with E-state index in [0.29, 0.717) is 26.2 Å². The number of nitrogens with zero attached hydrogens (tertiary/aromatic N) is 2. The van der Waals surface area contributed by atoms with E-state index in [1.165, 1.54) is 16.9 Å². The summed E-state index contributed by atoms with van der Waals surface area (Å²) in [6.07, 6.45) is -0.360. The first-order chi connectivity index (χ1) is 6.15. The molecule has 0 aromatic carbocycles. The summed E-state index contributed by atoms with van der Waals surface area (Å²) in [6, 6.07) is 0. The van der Waals surface area contributed by atoms with Crippen LogP contribution in [-0.4, -0.2) is 54.5 Å². The quantitative estimate of drug-likeness (QED) is 0.434. The van der Waals surface area contributed by atoms with Gasteiger partial charge in [0.05, 0.1) is 7.11 Å². The third kappa shape index (κ3) is 2.48. The summed E-state index contributed by atoms with van der Waals surface area (Å²) < 4.78 is 4.54. The van der Waals surface area contributed by atoms with Gasteiger partial charge >= 0.3 is 11.5 Å². The number of amides is 2. The average molecular weight is 207 g/mol. The van der Waals surface area contributed by atoms with Crippen molar-refractivity contribution in [3.63, 3.8) is 0 Å². The van der Waals surface area contributed by atoms with Gasteiger partial charge in [-0.05, 0) is 11.6 Å². The number of methoxy groups -OCH3 is 1. The van der Waals surface area contributed by atoms with Gasteiger partial charge in [-0.1, -0.05) is 0 Å². The van der Waals surface area contributed by atoms with E-state index in [2.05, 4.69) is 4.74 Å². The molecule has 13 heavy (non-hydrogen) atoms. The summed E-state index contributed by atoms with van der Waals surface area (Å²) in [7, 11) is 1.33. The van der Waals surface area contributed by atoms with Crippen LogP contribution in [0.2, 0.25) is 0 Å². The van der Waals surface area contributed by atoms with Crippen LogP contribution in [0.25, 0.3) is 0 Å². The molecule has 0 saturated carbocycles. The fourth-order valence-electron chi connectivity index (χ4n) is 1.19. The number of hydrogen-bond acceptors (Lipinski definition) is 3. The average Bonchev–Trinajstić information content (AvgIpc) is 2.17. The monoisotopic (exact) mass is 206 g/mol. The van der Waals surface area contributed by atoms with E-state index in [-0.39, 0.29) is 6.09 Å². The number of carbonyl (C=O) groups excluding carboxylic acids is 2. The predicted molar refractivity (Wildman–Crippen MR) is 46.8 cm³/mol. The Morgan fingerprint density at radius 2 is 1.62 bits per heavy atom.